The van der Waals surface area contributed by atoms with Gasteiger partial charge in [-0.2, -0.15) is 0 Å². The molecule has 9 heteroatoms. The summed E-state index contributed by atoms with van der Waals surface area (Å²) < 4.78 is 0. The van der Waals surface area contributed by atoms with Gasteiger partial charge in [0.15, 0.2) is 0 Å². The van der Waals surface area contributed by atoms with Gasteiger partial charge in [0, 0.05) is 57.3 Å². The van der Waals surface area contributed by atoms with Crippen LogP contribution in [0.1, 0.15) is 41.1 Å². The number of carbonyl (C=O) groups excluding carboxylic acids is 2. The molecule has 4 rings (SSSR count). The van der Waals surface area contributed by atoms with Crippen LogP contribution < -0.4 is 5.32 Å². The SMILES string of the molecule is CN(C[C@@H](CCN1CCC(N2CCNC2=O)CC1)c1ccc(Cl)c(Cl)c1)C(=O)c1ccccc1.Cl. The van der Waals surface area contributed by atoms with E-state index in [9.17, 15) is 9.59 Å². The van der Waals surface area contributed by atoms with Crippen molar-refractivity contribution in [1.29, 1.82) is 0 Å². The molecule has 6 nitrogen and oxygen atoms in total. The molecule has 0 saturated carbocycles. The van der Waals surface area contributed by atoms with Crippen LogP contribution in [-0.2, 0) is 0 Å². The normalized spacial score (nSPS) is 17.6. The first-order valence-corrected chi connectivity index (χ1v) is 12.7. The summed E-state index contributed by atoms with van der Waals surface area (Å²) in [4.78, 5) is 31.2. The summed E-state index contributed by atoms with van der Waals surface area (Å²) >= 11 is 12.5. The fourth-order valence-electron chi connectivity index (χ4n) is 4.97. The number of nitrogens with zero attached hydrogens (tertiary/aromatic N) is 3. The molecule has 2 saturated heterocycles. The number of hydrogen-bond acceptors (Lipinski definition) is 3. The van der Waals surface area contributed by atoms with E-state index in [1.807, 2.05) is 60.5 Å². The quantitative estimate of drug-likeness (QED) is 0.505. The van der Waals surface area contributed by atoms with Gasteiger partial charge in [0.05, 0.1) is 10.0 Å². The number of amides is 3. The molecule has 190 valence electrons. The van der Waals surface area contributed by atoms with E-state index in [4.69, 9.17) is 23.2 Å². The lowest BCUT2D eigenvalue weighted by atomic mass is 9.94. The van der Waals surface area contributed by atoms with Crippen molar-refractivity contribution in [2.45, 2.75) is 31.2 Å². The number of urea groups is 1. The zero-order valence-corrected chi connectivity index (χ0v) is 22.3. The summed E-state index contributed by atoms with van der Waals surface area (Å²) in [6.45, 7) is 5.03. The Morgan fingerprint density at radius 3 is 2.43 bits per heavy atom. The van der Waals surface area contributed by atoms with Crippen molar-refractivity contribution >= 4 is 47.5 Å². The molecule has 0 spiro atoms. The van der Waals surface area contributed by atoms with Gasteiger partial charge in [-0.25, -0.2) is 4.79 Å². The summed E-state index contributed by atoms with van der Waals surface area (Å²) in [6, 6.07) is 15.5. The molecular weight excluding hydrogens is 507 g/mol. The second kappa shape index (κ2) is 12.8. The van der Waals surface area contributed by atoms with Crippen LogP contribution in [0.2, 0.25) is 10.0 Å². The number of likely N-dealkylation sites (N-methyl/N-ethyl adjacent to an activating group) is 1. The van der Waals surface area contributed by atoms with Crippen LogP contribution in [0.3, 0.4) is 0 Å². The minimum Gasteiger partial charge on any atom is -0.341 e. The topological polar surface area (TPSA) is 55.9 Å². The van der Waals surface area contributed by atoms with Crippen LogP contribution in [0.25, 0.3) is 0 Å². The maximum Gasteiger partial charge on any atom is 0.317 e. The first-order valence-electron chi connectivity index (χ1n) is 11.9. The highest BCUT2D eigenvalue weighted by atomic mass is 35.5. The van der Waals surface area contributed by atoms with Crippen molar-refractivity contribution in [2.24, 2.45) is 0 Å². The molecule has 2 aromatic carbocycles. The number of rotatable bonds is 8. The van der Waals surface area contributed by atoms with E-state index >= 15 is 0 Å². The lowest BCUT2D eigenvalue weighted by molar-refractivity contribution is 0.0780. The number of carbonyl (C=O) groups is 2. The van der Waals surface area contributed by atoms with Crippen LogP contribution in [0.4, 0.5) is 4.79 Å². The van der Waals surface area contributed by atoms with Gasteiger partial charge in [-0.05, 0) is 55.6 Å². The number of nitrogens with one attached hydrogen (secondary N) is 1. The third-order valence-corrected chi connectivity index (χ3v) is 7.70. The Bertz CT molecular complexity index is 999. The first-order chi connectivity index (χ1) is 16.4. The van der Waals surface area contributed by atoms with E-state index in [2.05, 4.69) is 10.2 Å². The van der Waals surface area contributed by atoms with Crippen LogP contribution in [-0.4, -0.2) is 79.0 Å². The minimum absolute atomic E-state index is 0. The van der Waals surface area contributed by atoms with E-state index in [0.29, 0.717) is 28.2 Å². The maximum absolute atomic E-state index is 13.0. The van der Waals surface area contributed by atoms with E-state index in [0.717, 1.165) is 57.5 Å². The van der Waals surface area contributed by atoms with Gasteiger partial charge in [0.25, 0.3) is 5.91 Å². The minimum atomic E-state index is 0. The van der Waals surface area contributed by atoms with E-state index in [1.165, 1.54) is 0 Å². The molecule has 35 heavy (non-hydrogen) atoms. The Hall–Kier alpha value is -1.99. The van der Waals surface area contributed by atoms with Gasteiger partial charge in [-0.1, -0.05) is 47.5 Å². The van der Waals surface area contributed by atoms with Gasteiger partial charge >= 0.3 is 6.03 Å². The predicted octanol–water partition coefficient (Wildman–Crippen LogP) is 5.15. The molecular formula is C26H33Cl3N4O2. The van der Waals surface area contributed by atoms with Crippen LogP contribution >= 0.6 is 35.6 Å². The standard InChI is InChI=1S/C26H32Cl2N4O2.ClH/c1-30(25(33)19-5-3-2-4-6-19)18-21(20-7-8-23(27)24(28)17-20)9-13-31-14-10-22(11-15-31)32-16-12-29-26(32)34;/h2-8,17,21-22H,9-16,18H2,1H3,(H,29,34);1H/t21-;/m1./s1. The Morgan fingerprint density at radius 1 is 1.09 bits per heavy atom. The van der Waals surface area contributed by atoms with Crippen molar-refractivity contribution in [1.82, 2.24) is 20.0 Å². The van der Waals surface area contributed by atoms with Crippen molar-refractivity contribution in [3.8, 4) is 0 Å². The molecule has 0 unspecified atom stereocenters. The van der Waals surface area contributed by atoms with Gasteiger partial charge in [-0.3, -0.25) is 4.79 Å². The van der Waals surface area contributed by atoms with E-state index < -0.39 is 0 Å². The molecule has 1 atom stereocenters. The zero-order valence-electron chi connectivity index (χ0n) is 20.0. The van der Waals surface area contributed by atoms with Crippen LogP contribution in [0, 0.1) is 0 Å². The van der Waals surface area contributed by atoms with E-state index in [-0.39, 0.29) is 30.3 Å². The average molecular weight is 540 g/mol. The summed E-state index contributed by atoms with van der Waals surface area (Å²) in [6.07, 6.45) is 2.90. The van der Waals surface area contributed by atoms with Gasteiger partial charge < -0.3 is 20.0 Å². The second-order valence-electron chi connectivity index (χ2n) is 9.21. The zero-order chi connectivity index (χ0) is 24.1. The average Bonchev–Trinajstić information content (AvgIpc) is 3.29. The van der Waals surface area contributed by atoms with Crippen molar-refractivity contribution < 1.29 is 9.59 Å². The van der Waals surface area contributed by atoms with Crippen LogP contribution in [0.15, 0.2) is 48.5 Å². The largest absolute Gasteiger partial charge is 0.341 e. The number of likely N-dealkylation sites (tertiary alicyclic amines) is 1. The molecule has 2 heterocycles. The van der Waals surface area contributed by atoms with Crippen molar-refractivity contribution in [3.05, 3.63) is 69.7 Å². The molecule has 0 radical (unpaired) electrons. The Labute approximate surface area is 223 Å². The maximum atomic E-state index is 13.0. The third kappa shape index (κ3) is 7.04. The van der Waals surface area contributed by atoms with Crippen molar-refractivity contribution in [3.63, 3.8) is 0 Å². The number of halogens is 3. The number of benzene rings is 2. The molecule has 1 N–H and O–H groups in total. The Balaban J connectivity index is 0.00000342. The fourth-order valence-corrected chi connectivity index (χ4v) is 5.28. The summed E-state index contributed by atoms with van der Waals surface area (Å²) in [5.41, 5.74) is 1.77. The highest BCUT2D eigenvalue weighted by Gasteiger charge is 2.31. The first kappa shape index (κ1) is 27.6. The Morgan fingerprint density at radius 2 is 1.80 bits per heavy atom. The molecule has 2 aliphatic rings. The van der Waals surface area contributed by atoms with Gasteiger partial charge in [-0.15, -0.1) is 12.4 Å². The van der Waals surface area contributed by atoms with Gasteiger partial charge in [0.1, 0.15) is 0 Å². The molecule has 2 fully saturated rings. The monoisotopic (exact) mass is 538 g/mol. The molecule has 2 aliphatic heterocycles. The molecule has 0 aliphatic carbocycles. The molecule has 3 amide bonds. The molecule has 0 bridgehead atoms. The third-order valence-electron chi connectivity index (χ3n) is 6.96. The predicted molar refractivity (Wildman–Crippen MR) is 144 cm³/mol. The summed E-state index contributed by atoms with van der Waals surface area (Å²) in [5.74, 6) is 0.143. The molecule has 0 aromatic heterocycles. The highest BCUT2D eigenvalue weighted by Crippen LogP contribution is 2.30. The number of piperidine rings is 1. The van der Waals surface area contributed by atoms with E-state index in [1.54, 1.807) is 4.90 Å². The fraction of sp³-hybridized carbons (Fsp3) is 0.462. The summed E-state index contributed by atoms with van der Waals surface area (Å²) in [5, 5.41) is 3.97. The lowest BCUT2D eigenvalue weighted by Gasteiger charge is -2.37. The summed E-state index contributed by atoms with van der Waals surface area (Å²) in [7, 11) is 1.85. The van der Waals surface area contributed by atoms with Crippen molar-refractivity contribution in [2.75, 3.05) is 46.3 Å². The van der Waals surface area contributed by atoms with Crippen LogP contribution in [0.5, 0.6) is 0 Å². The highest BCUT2D eigenvalue weighted by molar-refractivity contribution is 6.42. The molecule has 2 aromatic rings. The lowest BCUT2D eigenvalue weighted by Crippen LogP contribution is -2.46. The Kier molecular flexibility index (Phi) is 10.1. The second-order valence-corrected chi connectivity index (χ2v) is 10.0. The smallest absolute Gasteiger partial charge is 0.317 e. The number of hydrogen-bond donors (Lipinski definition) is 1. The van der Waals surface area contributed by atoms with Gasteiger partial charge in [0.2, 0.25) is 0 Å².